The maximum absolute atomic E-state index is 12.4. The average molecular weight is 336 g/mol. The minimum absolute atomic E-state index is 0.0846. The summed E-state index contributed by atoms with van der Waals surface area (Å²) in [6.07, 6.45) is 0. The van der Waals surface area contributed by atoms with Gasteiger partial charge in [0, 0.05) is 26.3 Å². The Labute approximate surface area is 146 Å². The smallest absolute Gasteiger partial charge is 0.255 e. The first-order valence-corrected chi connectivity index (χ1v) is 7.94. The summed E-state index contributed by atoms with van der Waals surface area (Å²) in [5.41, 5.74) is 2.24. The van der Waals surface area contributed by atoms with Crippen LogP contribution in [-0.4, -0.2) is 30.2 Å². The molecule has 0 unspecified atom stereocenters. The summed E-state index contributed by atoms with van der Waals surface area (Å²) in [4.78, 5) is 14.4. The van der Waals surface area contributed by atoms with Gasteiger partial charge < -0.3 is 20.4 Å². The summed E-state index contributed by atoms with van der Waals surface area (Å²) in [6.45, 7) is 0.365. The molecule has 1 amide bonds. The van der Waals surface area contributed by atoms with E-state index in [2.05, 4.69) is 5.32 Å². The molecule has 5 nitrogen and oxygen atoms in total. The Kier molecular flexibility index (Phi) is 4.48. The Morgan fingerprint density at radius 1 is 0.960 bits per heavy atom. The van der Waals surface area contributed by atoms with E-state index in [9.17, 15) is 15.0 Å². The quantitative estimate of drug-likeness (QED) is 0.684. The molecule has 128 valence electrons. The summed E-state index contributed by atoms with van der Waals surface area (Å²) < 4.78 is 0. The van der Waals surface area contributed by atoms with Gasteiger partial charge in [-0.25, -0.2) is 0 Å². The first-order valence-electron chi connectivity index (χ1n) is 7.94. The largest absolute Gasteiger partial charge is 0.508 e. The van der Waals surface area contributed by atoms with Crippen molar-refractivity contribution in [3.8, 4) is 11.5 Å². The molecular formula is C20H20N2O3. The van der Waals surface area contributed by atoms with Crippen LogP contribution in [0.15, 0.2) is 54.6 Å². The Bertz CT molecular complexity index is 918. The van der Waals surface area contributed by atoms with Crippen molar-refractivity contribution in [3.05, 3.63) is 65.7 Å². The standard InChI is InChI=1S/C20H20N2O3/c1-22(2)16-6-3-13(4-7-16)12-21-20(25)18-10-15-9-17(23)8-5-14(15)11-19(18)24/h3-11,23-24H,12H2,1-2H3,(H,21,25). The van der Waals surface area contributed by atoms with Gasteiger partial charge in [-0.2, -0.15) is 0 Å². The molecule has 0 bridgehead atoms. The van der Waals surface area contributed by atoms with E-state index in [-0.39, 0.29) is 23.0 Å². The Balaban J connectivity index is 1.76. The third-order valence-corrected chi connectivity index (χ3v) is 4.09. The fourth-order valence-electron chi connectivity index (χ4n) is 2.64. The lowest BCUT2D eigenvalue weighted by Gasteiger charge is -2.13. The van der Waals surface area contributed by atoms with Gasteiger partial charge >= 0.3 is 0 Å². The number of anilines is 1. The number of rotatable bonds is 4. The van der Waals surface area contributed by atoms with E-state index in [1.807, 2.05) is 43.3 Å². The zero-order valence-corrected chi connectivity index (χ0v) is 14.2. The van der Waals surface area contributed by atoms with Crippen LogP contribution >= 0.6 is 0 Å². The number of fused-ring (bicyclic) bond motifs is 1. The van der Waals surface area contributed by atoms with Gasteiger partial charge in [-0.05, 0) is 52.7 Å². The van der Waals surface area contributed by atoms with Crippen molar-refractivity contribution in [2.75, 3.05) is 19.0 Å². The van der Waals surface area contributed by atoms with Crippen molar-refractivity contribution >= 4 is 22.4 Å². The number of amides is 1. The van der Waals surface area contributed by atoms with Crippen LogP contribution in [-0.2, 0) is 6.54 Å². The van der Waals surface area contributed by atoms with Crippen LogP contribution < -0.4 is 10.2 Å². The van der Waals surface area contributed by atoms with Crippen molar-refractivity contribution in [3.63, 3.8) is 0 Å². The van der Waals surface area contributed by atoms with E-state index in [0.717, 1.165) is 16.6 Å². The molecule has 0 aliphatic rings. The lowest BCUT2D eigenvalue weighted by molar-refractivity contribution is 0.0948. The van der Waals surface area contributed by atoms with Crippen LogP contribution in [0.4, 0.5) is 5.69 Å². The molecule has 5 heteroatoms. The zero-order valence-electron chi connectivity index (χ0n) is 14.2. The second-order valence-corrected chi connectivity index (χ2v) is 6.14. The van der Waals surface area contributed by atoms with Gasteiger partial charge in [-0.1, -0.05) is 18.2 Å². The number of hydrogen-bond acceptors (Lipinski definition) is 4. The molecule has 3 aromatic rings. The highest BCUT2D eigenvalue weighted by Gasteiger charge is 2.12. The highest BCUT2D eigenvalue weighted by Crippen LogP contribution is 2.27. The molecule has 0 atom stereocenters. The second kappa shape index (κ2) is 6.73. The lowest BCUT2D eigenvalue weighted by Crippen LogP contribution is -2.23. The van der Waals surface area contributed by atoms with Crippen molar-refractivity contribution in [1.29, 1.82) is 0 Å². The molecular weight excluding hydrogens is 316 g/mol. The maximum Gasteiger partial charge on any atom is 0.255 e. The Morgan fingerprint density at radius 3 is 2.36 bits per heavy atom. The van der Waals surface area contributed by atoms with Gasteiger partial charge in [0.2, 0.25) is 0 Å². The summed E-state index contributed by atoms with van der Waals surface area (Å²) in [5, 5.41) is 23.9. The van der Waals surface area contributed by atoms with Crippen LogP contribution in [0, 0.1) is 0 Å². The van der Waals surface area contributed by atoms with Crippen LogP contribution in [0.3, 0.4) is 0 Å². The first-order chi connectivity index (χ1) is 11.9. The Morgan fingerprint density at radius 2 is 1.68 bits per heavy atom. The lowest BCUT2D eigenvalue weighted by atomic mass is 10.0. The minimum Gasteiger partial charge on any atom is -0.508 e. The number of benzene rings is 3. The number of nitrogens with zero attached hydrogens (tertiary/aromatic N) is 1. The molecule has 0 aromatic heterocycles. The van der Waals surface area contributed by atoms with Crippen LogP contribution in [0.2, 0.25) is 0 Å². The highest BCUT2D eigenvalue weighted by atomic mass is 16.3. The molecule has 0 spiro atoms. The molecule has 0 aliphatic carbocycles. The number of phenols is 2. The van der Waals surface area contributed by atoms with Gasteiger partial charge in [0.05, 0.1) is 5.56 Å². The van der Waals surface area contributed by atoms with E-state index < -0.39 is 0 Å². The fourth-order valence-corrected chi connectivity index (χ4v) is 2.64. The molecule has 0 saturated carbocycles. The molecule has 0 fully saturated rings. The number of carbonyl (C=O) groups is 1. The third kappa shape index (κ3) is 3.66. The Hall–Kier alpha value is -3.21. The van der Waals surface area contributed by atoms with E-state index in [1.165, 1.54) is 6.07 Å². The topological polar surface area (TPSA) is 72.8 Å². The second-order valence-electron chi connectivity index (χ2n) is 6.14. The van der Waals surface area contributed by atoms with Crippen molar-refractivity contribution in [1.82, 2.24) is 5.32 Å². The molecule has 3 aromatic carbocycles. The SMILES string of the molecule is CN(C)c1ccc(CNC(=O)c2cc3cc(O)ccc3cc2O)cc1. The van der Waals surface area contributed by atoms with E-state index in [0.29, 0.717) is 11.9 Å². The van der Waals surface area contributed by atoms with E-state index in [4.69, 9.17) is 0 Å². The summed E-state index contributed by atoms with van der Waals surface area (Å²) in [7, 11) is 3.94. The van der Waals surface area contributed by atoms with Crippen LogP contribution in [0.25, 0.3) is 10.8 Å². The van der Waals surface area contributed by atoms with Gasteiger partial charge in [-0.3, -0.25) is 4.79 Å². The van der Waals surface area contributed by atoms with Gasteiger partial charge in [0.25, 0.3) is 5.91 Å². The van der Waals surface area contributed by atoms with Gasteiger partial charge in [-0.15, -0.1) is 0 Å². The normalized spacial score (nSPS) is 10.6. The molecule has 3 N–H and O–H groups in total. The summed E-state index contributed by atoms with van der Waals surface area (Å²) in [5.74, 6) is -0.330. The number of phenolic OH excluding ortho intramolecular Hbond substituents is 2. The number of nitrogens with one attached hydrogen (secondary N) is 1. The van der Waals surface area contributed by atoms with E-state index >= 15 is 0 Å². The number of carbonyl (C=O) groups excluding carboxylic acids is 1. The van der Waals surface area contributed by atoms with Gasteiger partial charge in [0.15, 0.2) is 0 Å². The zero-order chi connectivity index (χ0) is 18.0. The average Bonchev–Trinajstić information content (AvgIpc) is 2.59. The van der Waals surface area contributed by atoms with Crippen molar-refractivity contribution in [2.24, 2.45) is 0 Å². The van der Waals surface area contributed by atoms with E-state index in [1.54, 1.807) is 24.3 Å². The fraction of sp³-hybridized carbons (Fsp3) is 0.150. The van der Waals surface area contributed by atoms with Crippen molar-refractivity contribution < 1.29 is 15.0 Å². The monoisotopic (exact) mass is 336 g/mol. The molecule has 3 rings (SSSR count). The molecule has 0 heterocycles. The first kappa shape index (κ1) is 16.6. The molecule has 0 saturated heterocycles. The third-order valence-electron chi connectivity index (χ3n) is 4.09. The van der Waals surface area contributed by atoms with Crippen LogP contribution in [0.5, 0.6) is 11.5 Å². The number of hydrogen-bond donors (Lipinski definition) is 3. The van der Waals surface area contributed by atoms with Crippen LogP contribution in [0.1, 0.15) is 15.9 Å². The molecule has 0 radical (unpaired) electrons. The summed E-state index contributed by atoms with van der Waals surface area (Å²) in [6, 6.07) is 15.8. The maximum atomic E-state index is 12.4. The predicted molar refractivity (Wildman–Crippen MR) is 99.2 cm³/mol. The summed E-state index contributed by atoms with van der Waals surface area (Å²) >= 11 is 0. The predicted octanol–water partition coefficient (Wildman–Crippen LogP) is 3.25. The molecule has 0 aliphatic heterocycles. The molecule has 25 heavy (non-hydrogen) atoms. The minimum atomic E-state index is -0.362. The number of aromatic hydroxyl groups is 2. The highest BCUT2D eigenvalue weighted by molar-refractivity contribution is 6.01. The van der Waals surface area contributed by atoms with Gasteiger partial charge in [0.1, 0.15) is 11.5 Å². The van der Waals surface area contributed by atoms with Crippen molar-refractivity contribution in [2.45, 2.75) is 6.54 Å².